The Bertz CT molecular complexity index is 352. The smallest absolute Gasteiger partial charge is 0.0369 e. The molecule has 1 nitrogen and oxygen atoms in total. The predicted molar refractivity (Wildman–Crippen MR) is 74.8 cm³/mol. The molecule has 90 valence electrons. The highest BCUT2D eigenvalue weighted by Gasteiger charge is 2.25. The highest BCUT2D eigenvalue weighted by atomic mass is 79.9. The zero-order valence-electron chi connectivity index (χ0n) is 10.9. The second kappa shape index (κ2) is 5.33. The highest BCUT2D eigenvalue weighted by Crippen LogP contribution is 2.34. The first kappa shape index (κ1) is 13.7. The third-order valence-corrected chi connectivity index (χ3v) is 3.66. The molecule has 0 amide bonds. The molecule has 1 N–H and O–H groups in total. The monoisotopic (exact) mass is 283 g/mol. The summed E-state index contributed by atoms with van der Waals surface area (Å²) in [5, 5.41) is 3.56. The summed E-state index contributed by atoms with van der Waals surface area (Å²) in [6.45, 7) is 12.1. The van der Waals surface area contributed by atoms with Crippen molar-refractivity contribution >= 4 is 15.9 Å². The minimum absolute atomic E-state index is 0.227. The number of aryl methyl sites for hydroxylation is 1. The van der Waals surface area contributed by atoms with Crippen LogP contribution in [0.1, 0.15) is 44.9 Å². The summed E-state index contributed by atoms with van der Waals surface area (Å²) >= 11 is 3.60. The van der Waals surface area contributed by atoms with Gasteiger partial charge in [-0.1, -0.05) is 55.8 Å². The van der Waals surface area contributed by atoms with Crippen LogP contribution >= 0.6 is 15.9 Å². The first-order valence-corrected chi connectivity index (χ1v) is 6.65. The van der Waals surface area contributed by atoms with E-state index in [1.807, 2.05) is 0 Å². The lowest BCUT2D eigenvalue weighted by atomic mass is 9.82. The molecule has 0 heterocycles. The zero-order valence-corrected chi connectivity index (χ0v) is 12.5. The molecule has 1 aromatic rings. The summed E-state index contributed by atoms with van der Waals surface area (Å²) in [7, 11) is 0. The Hall–Kier alpha value is -0.340. The van der Waals surface area contributed by atoms with Gasteiger partial charge in [0.15, 0.2) is 0 Å². The lowest BCUT2D eigenvalue weighted by molar-refractivity contribution is 0.276. The van der Waals surface area contributed by atoms with Crippen LogP contribution in [-0.4, -0.2) is 6.54 Å². The largest absolute Gasteiger partial charge is 0.310 e. The summed E-state index contributed by atoms with van der Waals surface area (Å²) in [5.41, 5.74) is 2.87. The SMILES string of the molecule is CCNC(c1ccc(C)c(Br)c1)C(C)(C)C. The van der Waals surface area contributed by atoms with Gasteiger partial charge in [0, 0.05) is 10.5 Å². The summed E-state index contributed by atoms with van der Waals surface area (Å²) in [4.78, 5) is 0. The topological polar surface area (TPSA) is 12.0 Å². The standard InChI is InChI=1S/C14H22BrN/c1-6-16-13(14(3,4)5)11-8-7-10(2)12(15)9-11/h7-9,13,16H,6H2,1-5H3. The summed E-state index contributed by atoms with van der Waals surface area (Å²) in [6.07, 6.45) is 0. The quantitative estimate of drug-likeness (QED) is 0.864. The van der Waals surface area contributed by atoms with E-state index in [2.05, 4.69) is 74.1 Å². The fourth-order valence-corrected chi connectivity index (χ4v) is 2.31. The van der Waals surface area contributed by atoms with E-state index in [1.54, 1.807) is 0 Å². The van der Waals surface area contributed by atoms with Gasteiger partial charge in [0.25, 0.3) is 0 Å². The molecule has 0 aliphatic heterocycles. The van der Waals surface area contributed by atoms with Crippen LogP contribution < -0.4 is 5.32 Å². The van der Waals surface area contributed by atoms with Crippen molar-refractivity contribution < 1.29 is 0 Å². The Morgan fingerprint density at radius 2 is 1.94 bits per heavy atom. The molecule has 1 unspecified atom stereocenters. The maximum atomic E-state index is 3.60. The molecule has 0 aliphatic rings. The molecule has 0 aromatic heterocycles. The number of halogens is 1. The molecule has 0 aliphatic carbocycles. The molecule has 0 fully saturated rings. The molecule has 1 rings (SSSR count). The number of hydrogen-bond acceptors (Lipinski definition) is 1. The number of hydrogen-bond donors (Lipinski definition) is 1. The Morgan fingerprint density at radius 1 is 1.31 bits per heavy atom. The molecule has 1 aromatic carbocycles. The van der Waals surface area contributed by atoms with Gasteiger partial charge in [0.2, 0.25) is 0 Å². The van der Waals surface area contributed by atoms with Crippen molar-refractivity contribution in [1.29, 1.82) is 0 Å². The third kappa shape index (κ3) is 3.33. The van der Waals surface area contributed by atoms with Crippen LogP contribution in [0, 0.1) is 12.3 Å². The Kier molecular flexibility index (Phi) is 4.57. The Morgan fingerprint density at radius 3 is 2.38 bits per heavy atom. The van der Waals surface area contributed by atoms with E-state index < -0.39 is 0 Å². The maximum absolute atomic E-state index is 3.60. The van der Waals surface area contributed by atoms with Gasteiger partial charge in [-0.05, 0) is 36.1 Å². The van der Waals surface area contributed by atoms with Crippen LogP contribution in [0.2, 0.25) is 0 Å². The van der Waals surface area contributed by atoms with E-state index in [-0.39, 0.29) is 5.41 Å². The van der Waals surface area contributed by atoms with Crippen molar-refractivity contribution in [2.24, 2.45) is 5.41 Å². The van der Waals surface area contributed by atoms with Crippen molar-refractivity contribution in [3.63, 3.8) is 0 Å². The predicted octanol–water partition coefficient (Wildman–Crippen LogP) is 4.45. The fraction of sp³-hybridized carbons (Fsp3) is 0.571. The van der Waals surface area contributed by atoms with E-state index >= 15 is 0 Å². The average molecular weight is 284 g/mol. The lowest BCUT2D eigenvalue weighted by Gasteiger charge is -2.32. The first-order chi connectivity index (χ1) is 7.36. The summed E-state index contributed by atoms with van der Waals surface area (Å²) in [6, 6.07) is 7.02. The van der Waals surface area contributed by atoms with Gasteiger partial charge in [0.05, 0.1) is 0 Å². The van der Waals surface area contributed by atoms with Crippen LogP contribution in [-0.2, 0) is 0 Å². The van der Waals surface area contributed by atoms with E-state index in [1.165, 1.54) is 15.6 Å². The minimum Gasteiger partial charge on any atom is -0.310 e. The summed E-state index contributed by atoms with van der Waals surface area (Å²) in [5.74, 6) is 0. The fourth-order valence-electron chi connectivity index (χ4n) is 1.92. The average Bonchev–Trinajstić information content (AvgIpc) is 2.17. The maximum Gasteiger partial charge on any atom is 0.0369 e. The van der Waals surface area contributed by atoms with Crippen LogP contribution in [0.15, 0.2) is 22.7 Å². The van der Waals surface area contributed by atoms with Crippen LogP contribution in [0.5, 0.6) is 0 Å². The third-order valence-electron chi connectivity index (χ3n) is 2.80. The van der Waals surface area contributed by atoms with Crippen molar-refractivity contribution in [1.82, 2.24) is 5.32 Å². The number of nitrogens with one attached hydrogen (secondary N) is 1. The first-order valence-electron chi connectivity index (χ1n) is 5.85. The van der Waals surface area contributed by atoms with Crippen LogP contribution in [0.4, 0.5) is 0 Å². The molecule has 2 heteroatoms. The molecule has 1 atom stereocenters. The number of benzene rings is 1. The zero-order chi connectivity index (χ0) is 12.3. The molecule has 0 saturated heterocycles. The second-order valence-corrected chi connectivity index (χ2v) is 6.22. The molecular weight excluding hydrogens is 262 g/mol. The van der Waals surface area contributed by atoms with E-state index in [9.17, 15) is 0 Å². The number of rotatable bonds is 3. The van der Waals surface area contributed by atoms with Gasteiger partial charge in [-0.2, -0.15) is 0 Å². The van der Waals surface area contributed by atoms with Crippen molar-refractivity contribution in [2.75, 3.05) is 6.54 Å². The molecule has 16 heavy (non-hydrogen) atoms. The van der Waals surface area contributed by atoms with Gasteiger partial charge in [0.1, 0.15) is 0 Å². The lowest BCUT2D eigenvalue weighted by Crippen LogP contribution is -2.32. The van der Waals surface area contributed by atoms with Crippen LogP contribution in [0.3, 0.4) is 0 Å². The summed E-state index contributed by atoms with van der Waals surface area (Å²) < 4.78 is 1.19. The minimum atomic E-state index is 0.227. The van der Waals surface area contributed by atoms with E-state index in [4.69, 9.17) is 0 Å². The van der Waals surface area contributed by atoms with Gasteiger partial charge in [-0.3, -0.25) is 0 Å². The van der Waals surface area contributed by atoms with E-state index in [0.717, 1.165) is 6.54 Å². The van der Waals surface area contributed by atoms with Gasteiger partial charge in [-0.15, -0.1) is 0 Å². The van der Waals surface area contributed by atoms with Gasteiger partial charge >= 0.3 is 0 Å². The Labute approximate surface area is 108 Å². The van der Waals surface area contributed by atoms with Crippen LogP contribution in [0.25, 0.3) is 0 Å². The van der Waals surface area contributed by atoms with Crippen molar-refractivity contribution in [2.45, 2.75) is 40.7 Å². The molecule has 0 spiro atoms. The normalized spacial score (nSPS) is 13.9. The molecule has 0 bridgehead atoms. The molecule has 0 saturated carbocycles. The highest BCUT2D eigenvalue weighted by molar-refractivity contribution is 9.10. The van der Waals surface area contributed by atoms with E-state index in [0.29, 0.717) is 6.04 Å². The Balaban J connectivity index is 3.06. The molecular formula is C14H22BrN. The molecule has 0 radical (unpaired) electrons. The van der Waals surface area contributed by atoms with Gasteiger partial charge in [-0.25, -0.2) is 0 Å². The second-order valence-electron chi connectivity index (χ2n) is 5.37. The van der Waals surface area contributed by atoms with Crippen molar-refractivity contribution in [3.8, 4) is 0 Å². The van der Waals surface area contributed by atoms with Crippen molar-refractivity contribution in [3.05, 3.63) is 33.8 Å². The van der Waals surface area contributed by atoms with Gasteiger partial charge < -0.3 is 5.32 Å².